The zero-order valence-corrected chi connectivity index (χ0v) is 19.0. The number of hydrogen-bond acceptors (Lipinski definition) is 4. The molecule has 7 heteroatoms. The predicted octanol–water partition coefficient (Wildman–Crippen LogP) is 2.46. The summed E-state index contributed by atoms with van der Waals surface area (Å²) in [6.45, 7) is 12.8. The van der Waals surface area contributed by atoms with Gasteiger partial charge in [-0.15, -0.1) is 0 Å². The highest BCUT2D eigenvalue weighted by Crippen LogP contribution is 2.27. The number of benzene rings is 1. The van der Waals surface area contributed by atoms with Crippen molar-refractivity contribution in [2.24, 2.45) is 5.92 Å². The zero-order chi connectivity index (χ0) is 22.5. The zero-order valence-electron chi connectivity index (χ0n) is 19.0. The normalized spacial score (nSPS) is 17.8. The topological polar surface area (TPSA) is 87.7 Å². The summed E-state index contributed by atoms with van der Waals surface area (Å²) in [5.41, 5.74) is 0.768. The standard InChI is InChI=1S/C23H35N3O4/c1-15(2)18-9-7-8-10-19(18)30-16(3)21(28)24-11-12-25-22(29)17-13-20(27)26(14-17)23(4,5)6/h7-10,15-17H,11-14H2,1-6H3,(H,24,28)(H,25,29). The largest absolute Gasteiger partial charge is 0.481 e. The highest BCUT2D eigenvalue weighted by molar-refractivity contribution is 5.89. The van der Waals surface area contributed by atoms with Gasteiger partial charge in [0.2, 0.25) is 11.8 Å². The molecule has 0 aromatic heterocycles. The first-order chi connectivity index (χ1) is 14.0. The monoisotopic (exact) mass is 417 g/mol. The van der Waals surface area contributed by atoms with Crippen LogP contribution in [-0.4, -0.2) is 53.9 Å². The van der Waals surface area contributed by atoms with Crippen LogP contribution in [-0.2, 0) is 14.4 Å². The summed E-state index contributed by atoms with van der Waals surface area (Å²) >= 11 is 0. The molecule has 2 atom stereocenters. The Hall–Kier alpha value is -2.57. The van der Waals surface area contributed by atoms with E-state index in [4.69, 9.17) is 4.74 Å². The first-order valence-electron chi connectivity index (χ1n) is 10.6. The maximum absolute atomic E-state index is 12.4. The molecule has 0 aliphatic carbocycles. The van der Waals surface area contributed by atoms with Gasteiger partial charge >= 0.3 is 0 Å². The summed E-state index contributed by atoms with van der Waals surface area (Å²) in [4.78, 5) is 38.5. The van der Waals surface area contributed by atoms with Crippen LogP contribution >= 0.6 is 0 Å². The van der Waals surface area contributed by atoms with E-state index in [9.17, 15) is 14.4 Å². The van der Waals surface area contributed by atoms with Crippen molar-refractivity contribution in [1.82, 2.24) is 15.5 Å². The molecular formula is C23H35N3O4. The van der Waals surface area contributed by atoms with Crippen molar-refractivity contribution in [3.63, 3.8) is 0 Å². The lowest BCUT2D eigenvalue weighted by molar-refractivity contribution is -0.132. The molecule has 1 saturated heterocycles. The van der Waals surface area contributed by atoms with Gasteiger partial charge in [-0.25, -0.2) is 0 Å². The van der Waals surface area contributed by atoms with Crippen molar-refractivity contribution in [2.75, 3.05) is 19.6 Å². The molecular weight excluding hydrogens is 382 g/mol. The maximum Gasteiger partial charge on any atom is 0.260 e. The van der Waals surface area contributed by atoms with Gasteiger partial charge in [0.1, 0.15) is 5.75 Å². The van der Waals surface area contributed by atoms with Crippen molar-refractivity contribution in [3.8, 4) is 5.75 Å². The average molecular weight is 418 g/mol. The summed E-state index contributed by atoms with van der Waals surface area (Å²) in [6.07, 6.45) is -0.413. The van der Waals surface area contributed by atoms with Gasteiger partial charge < -0.3 is 20.3 Å². The average Bonchev–Trinajstić information content (AvgIpc) is 3.07. The highest BCUT2D eigenvalue weighted by Gasteiger charge is 2.39. The van der Waals surface area contributed by atoms with E-state index in [1.807, 2.05) is 45.0 Å². The second-order valence-corrected chi connectivity index (χ2v) is 9.11. The third-order valence-corrected chi connectivity index (χ3v) is 5.24. The first kappa shape index (κ1) is 23.7. The molecule has 0 saturated carbocycles. The van der Waals surface area contributed by atoms with Crippen molar-refractivity contribution in [2.45, 2.75) is 65.5 Å². The van der Waals surface area contributed by atoms with Crippen molar-refractivity contribution in [3.05, 3.63) is 29.8 Å². The van der Waals surface area contributed by atoms with Gasteiger partial charge in [0, 0.05) is 31.6 Å². The van der Waals surface area contributed by atoms with Gasteiger partial charge in [-0.3, -0.25) is 14.4 Å². The van der Waals surface area contributed by atoms with Gasteiger partial charge in [0.15, 0.2) is 6.10 Å². The number of ether oxygens (including phenoxy) is 1. The Morgan fingerprint density at radius 1 is 1.13 bits per heavy atom. The van der Waals surface area contributed by atoms with Crippen LogP contribution in [0.5, 0.6) is 5.75 Å². The first-order valence-corrected chi connectivity index (χ1v) is 10.6. The maximum atomic E-state index is 12.4. The van der Waals surface area contributed by atoms with Gasteiger partial charge in [-0.1, -0.05) is 32.0 Å². The molecule has 2 rings (SSSR count). The smallest absolute Gasteiger partial charge is 0.260 e. The Morgan fingerprint density at radius 3 is 2.37 bits per heavy atom. The van der Waals surface area contributed by atoms with E-state index >= 15 is 0 Å². The lowest BCUT2D eigenvalue weighted by Gasteiger charge is -2.31. The second-order valence-electron chi connectivity index (χ2n) is 9.11. The minimum absolute atomic E-state index is 0.00334. The van der Waals surface area contributed by atoms with Gasteiger partial charge in [-0.2, -0.15) is 0 Å². The van der Waals surface area contributed by atoms with E-state index in [1.54, 1.807) is 11.8 Å². The van der Waals surface area contributed by atoms with E-state index in [0.29, 0.717) is 31.3 Å². The fourth-order valence-corrected chi connectivity index (χ4v) is 3.50. The molecule has 1 fully saturated rings. The Bertz CT molecular complexity index is 770. The molecule has 0 bridgehead atoms. The molecule has 1 aliphatic heterocycles. The van der Waals surface area contributed by atoms with E-state index in [-0.39, 0.29) is 35.6 Å². The van der Waals surface area contributed by atoms with Gasteiger partial charge in [0.25, 0.3) is 5.91 Å². The molecule has 1 aliphatic rings. The molecule has 7 nitrogen and oxygen atoms in total. The predicted molar refractivity (Wildman–Crippen MR) is 116 cm³/mol. The number of carbonyl (C=O) groups is 3. The molecule has 1 heterocycles. The van der Waals surface area contributed by atoms with Gasteiger partial charge in [0.05, 0.1) is 5.92 Å². The summed E-state index contributed by atoms with van der Waals surface area (Å²) < 4.78 is 5.84. The van der Waals surface area contributed by atoms with Crippen LogP contribution in [0.3, 0.4) is 0 Å². The van der Waals surface area contributed by atoms with Crippen LogP contribution in [0.4, 0.5) is 0 Å². The third-order valence-electron chi connectivity index (χ3n) is 5.24. The molecule has 166 valence electrons. The molecule has 30 heavy (non-hydrogen) atoms. The van der Waals surface area contributed by atoms with Crippen molar-refractivity contribution >= 4 is 17.7 Å². The van der Waals surface area contributed by atoms with Crippen LogP contribution in [0.15, 0.2) is 24.3 Å². The second kappa shape index (κ2) is 9.96. The molecule has 2 unspecified atom stereocenters. The minimum atomic E-state index is -0.645. The van der Waals surface area contributed by atoms with Crippen LogP contribution < -0.4 is 15.4 Å². The molecule has 1 aromatic carbocycles. The van der Waals surface area contributed by atoms with E-state index < -0.39 is 6.10 Å². The van der Waals surface area contributed by atoms with E-state index in [1.165, 1.54) is 0 Å². The SMILES string of the molecule is CC(Oc1ccccc1C(C)C)C(=O)NCCNC(=O)C1CC(=O)N(C(C)(C)C)C1. The van der Waals surface area contributed by atoms with Crippen molar-refractivity contribution in [1.29, 1.82) is 0 Å². The molecule has 2 N–H and O–H groups in total. The quantitative estimate of drug-likeness (QED) is 0.636. The number of nitrogens with zero attached hydrogens (tertiary/aromatic N) is 1. The molecule has 1 aromatic rings. The van der Waals surface area contributed by atoms with E-state index in [0.717, 1.165) is 5.56 Å². The highest BCUT2D eigenvalue weighted by atomic mass is 16.5. The number of hydrogen-bond donors (Lipinski definition) is 2. The number of nitrogens with one attached hydrogen (secondary N) is 2. The lowest BCUT2D eigenvalue weighted by atomic mass is 10.0. The van der Waals surface area contributed by atoms with Crippen LogP contribution in [0.25, 0.3) is 0 Å². The van der Waals surface area contributed by atoms with Crippen molar-refractivity contribution < 1.29 is 19.1 Å². The number of amides is 3. The summed E-state index contributed by atoms with van der Waals surface area (Å²) in [5.74, 6) is 0.268. The molecule has 0 spiro atoms. The van der Waals surface area contributed by atoms with Crippen LogP contribution in [0, 0.1) is 5.92 Å². The Balaban J connectivity index is 1.75. The lowest BCUT2D eigenvalue weighted by Crippen LogP contribution is -2.44. The number of rotatable bonds is 8. The Morgan fingerprint density at radius 2 is 1.77 bits per heavy atom. The fourth-order valence-electron chi connectivity index (χ4n) is 3.50. The Kier molecular flexibility index (Phi) is 7.87. The number of carbonyl (C=O) groups excluding carboxylic acids is 3. The summed E-state index contributed by atoms with van der Waals surface area (Å²) in [6, 6.07) is 7.70. The number of para-hydroxylation sites is 1. The molecule has 0 radical (unpaired) electrons. The summed E-state index contributed by atoms with van der Waals surface area (Å²) in [7, 11) is 0. The minimum Gasteiger partial charge on any atom is -0.481 e. The van der Waals surface area contributed by atoms with Crippen LogP contribution in [0.2, 0.25) is 0 Å². The number of likely N-dealkylation sites (tertiary alicyclic amines) is 1. The fraction of sp³-hybridized carbons (Fsp3) is 0.609. The summed E-state index contributed by atoms with van der Waals surface area (Å²) in [5, 5.41) is 5.59. The van der Waals surface area contributed by atoms with E-state index in [2.05, 4.69) is 24.5 Å². The van der Waals surface area contributed by atoms with Crippen LogP contribution in [0.1, 0.15) is 59.4 Å². The van der Waals surface area contributed by atoms with Gasteiger partial charge in [-0.05, 0) is 45.2 Å². The third kappa shape index (κ3) is 6.21. The Labute approximate surface area is 179 Å². The molecule has 3 amide bonds.